The molecule has 0 bridgehead atoms. The normalized spacial score (nSPS) is 23.8. The molecule has 1 aliphatic heterocycles. The van der Waals surface area contributed by atoms with Crippen molar-refractivity contribution >= 4 is 17.3 Å². The van der Waals surface area contributed by atoms with E-state index < -0.39 is 0 Å². The Bertz CT molecular complexity index is 429. The Morgan fingerprint density at radius 2 is 2.11 bits per heavy atom. The van der Waals surface area contributed by atoms with Gasteiger partial charge in [-0.25, -0.2) is 0 Å². The van der Waals surface area contributed by atoms with Crippen LogP contribution in [0, 0.1) is 12.8 Å². The van der Waals surface area contributed by atoms with Crippen LogP contribution < -0.4 is 10.2 Å². The molecule has 3 heteroatoms. The lowest BCUT2D eigenvalue weighted by molar-refractivity contribution is 0.402. The Balaban J connectivity index is 2.26. The van der Waals surface area contributed by atoms with Crippen LogP contribution in [0.5, 0.6) is 0 Å². The van der Waals surface area contributed by atoms with E-state index in [-0.39, 0.29) is 5.54 Å². The molecule has 0 radical (unpaired) electrons. The number of benzene rings is 1. The Hall–Kier alpha value is -0.730. The quantitative estimate of drug-likeness (QED) is 0.837. The zero-order valence-electron chi connectivity index (χ0n) is 11.8. The molecule has 100 valence electrons. The third-order valence-electron chi connectivity index (χ3n) is 3.57. The molecule has 2 rings (SSSR count). The molecule has 1 aliphatic rings. The van der Waals surface area contributed by atoms with Gasteiger partial charge in [0.25, 0.3) is 0 Å². The monoisotopic (exact) mass is 266 g/mol. The minimum atomic E-state index is 0.141. The van der Waals surface area contributed by atoms with E-state index in [1.807, 2.05) is 6.92 Å². The van der Waals surface area contributed by atoms with Crippen LogP contribution in [0.2, 0.25) is 5.02 Å². The van der Waals surface area contributed by atoms with Gasteiger partial charge in [-0.05, 0) is 50.9 Å². The van der Waals surface area contributed by atoms with Gasteiger partial charge in [0.15, 0.2) is 0 Å². The molecule has 0 aromatic heterocycles. The second-order valence-corrected chi connectivity index (χ2v) is 6.59. The molecular weight excluding hydrogens is 244 g/mol. The van der Waals surface area contributed by atoms with Crippen LogP contribution in [-0.4, -0.2) is 25.2 Å². The van der Waals surface area contributed by atoms with E-state index in [1.165, 1.54) is 5.69 Å². The predicted molar refractivity (Wildman–Crippen MR) is 79.6 cm³/mol. The van der Waals surface area contributed by atoms with Crippen molar-refractivity contribution in [2.45, 2.75) is 33.2 Å². The van der Waals surface area contributed by atoms with Crippen LogP contribution in [-0.2, 0) is 0 Å². The van der Waals surface area contributed by atoms with Gasteiger partial charge in [0.1, 0.15) is 0 Å². The van der Waals surface area contributed by atoms with Gasteiger partial charge < -0.3 is 10.2 Å². The van der Waals surface area contributed by atoms with Crippen LogP contribution in [0.15, 0.2) is 18.2 Å². The molecule has 0 spiro atoms. The zero-order valence-corrected chi connectivity index (χ0v) is 12.5. The highest BCUT2D eigenvalue weighted by atomic mass is 35.5. The number of rotatable bonds is 1. The number of aryl methyl sites for hydroxylation is 1. The Labute approximate surface area is 115 Å². The first-order valence-electron chi connectivity index (χ1n) is 6.63. The summed E-state index contributed by atoms with van der Waals surface area (Å²) in [7, 11) is 0. The van der Waals surface area contributed by atoms with Crippen molar-refractivity contribution in [3.8, 4) is 0 Å². The fourth-order valence-electron chi connectivity index (χ4n) is 2.46. The number of anilines is 1. The van der Waals surface area contributed by atoms with Crippen LogP contribution in [0.3, 0.4) is 0 Å². The highest BCUT2D eigenvalue weighted by Gasteiger charge is 2.27. The summed E-state index contributed by atoms with van der Waals surface area (Å²) >= 11 is 6.24. The van der Waals surface area contributed by atoms with Crippen LogP contribution in [0.1, 0.15) is 26.3 Å². The number of hydrogen-bond donors (Lipinski definition) is 1. The molecule has 1 aromatic carbocycles. The SMILES string of the molecule is Cc1ccc(N2CC(C)CNC(C)(C)C2)cc1Cl. The fraction of sp³-hybridized carbons (Fsp3) is 0.600. The molecule has 1 heterocycles. The lowest BCUT2D eigenvalue weighted by Gasteiger charge is -2.32. The van der Waals surface area contributed by atoms with E-state index in [2.05, 4.69) is 49.2 Å². The molecule has 1 aromatic rings. The average Bonchev–Trinajstić information content (AvgIpc) is 2.42. The fourth-order valence-corrected chi connectivity index (χ4v) is 2.64. The summed E-state index contributed by atoms with van der Waals surface area (Å²) in [4.78, 5) is 2.44. The van der Waals surface area contributed by atoms with Crippen molar-refractivity contribution in [2.75, 3.05) is 24.5 Å². The predicted octanol–water partition coefficient (Wildman–Crippen LogP) is 3.47. The smallest absolute Gasteiger partial charge is 0.0455 e. The van der Waals surface area contributed by atoms with Gasteiger partial charge in [0.05, 0.1) is 0 Å². The van der Waals surface area contributed by atoms with E-state index in [0.29, 0.717) is 5.92 Å². The molecule has 1 atom stereocenters. The van der Waals surface area contributed by atoms with Gasteiger partial charge in [-0.2, -0.15) is 0 Å². The Morgan fingerprint density at radius 3 is 2.78 bits per heavy atom. The van der Waals surface area contributed by atoms with Gasteiger partial charge in [-0.1, -0.05) is 24.6 Å². The summed E-state index contributed by atoms with van der Waals surface area (Å²) < 4.78 is 0. The lowest BCUT2D eigenvalue weighted by atomic mass is 10.1. The van der Waals surface area contributed by atoms with E-state index in [9.17, 15) is 0 Å². The highest BCUT2D eigenvalue weighted by molar-refractivity contribution is 6.31. The molecule has 0 amide bonds. The number of halogens is 1. The van der Waals surface area contributed by atoms with Crippen molar-refractivity contribution in [3.63, 3.8) is 0 Å². The Morgan fingerprint density at radius 1 is 1.39 bits per heavy atom. The maximum absolute atomic E-state index is 6.24. The molecule has 18 heavy (non-hydrogen) atoms. The third-order valence-corrected chi connectivity index (χ3v) is 3.98. The third kappa shape index (κ3) is 3.18. The standard InChI is InChI=1S/C15H23ClN2/c1-11-8-17-15(3,4)10-18(9-11)13-6-5-12(2)14(16)7-13/h5-7,11,17H,8-10H2,1-4H3. The molecule has 2 nitrogen and oxygen atoms in total. The summed E-state index contributed by atoms with van der Waals surface area (Å²) in [5, 5.41) is 4.48. The highest BCUT2D eigenvalue weighted by Crippen LogP contribution is 2.26. The van der Waals surface area contributed by atoms with Gasteiger partial charge >= 0.3 is 0 Å². The van der Waals surface area contributed by atoms with E-state index in [0.717, 1.165) is 30.2 Å². The molecular formula is C15H23ClN2. The Kier molecular flexibility index (Phi) is 3.88. The maximum atomic E-state index is 6.24. The summed E-state index contributed by atoms with van der Waals surface area (Å²) in [6.07, 6.45) is 0. The number of nitrogens with one attached hydrogen (secondary N) is 1. The molecule has 1 saturated heterocycles. The lowest BCUT2D eigenvalue weighted by Crippen LogP contribution is -2.46. The van der Waals surface area contributed by atoms with Gasteiger partial charge in [-0.3, -0.25) is 0 Å². The van der Waals surface area contributed by atoms with Gasteiger partial charge in [0, 0.05) is 29.3 Å². The molecule has 1 fully saturated rings. The van der Waals surface area contributed by atoms with Crippen molar-refractivity contribution in [1.82, 2.24) is 5.32 Å². The summed E-state index contributed by atoms with van der Waals surface area (Å²) in [6.45, 7) is 12.0. The van der Waals surface area contributed by atoms with Crippen molar-refractivity contribution in [1.29, 1.82) is 0 Å². The van der Waals surface area contributed by atoms with E-state index in [4.69, 9.17) is 11.6 Å². The number of hydrogen-bond acceptors (Lipinski definition) is 2. The maximum Gasteiger partial charge on any atom is 0.0455 e. The largest absolute Gasteiger partial charge is 0.369 e. The summed E-state index contributed by atoms with van der Waals surface area (Å²) in [6, 6.07) is 6.37. The minimum absolute atomic E-state index is 0.141. The van der Waals surface area contributed by atoms with Crippen LogP contribution in [0.4, 0.5) is 5.69 Å². The first kappa shape index (κ1) is 13.7. The topological polar surface area (TPSA) is 15.3 Å². The van der Waals surface area contributed by atoms with Crippen molar-refractivity contribution in [2.24, 2.45) is 5.92 Å². The summed E-state index contributed by atoms with van der Waals surface area (Å²) in [5.74, 6) is 0.645. The van der Waals surface area contributed by atoms with E-state index >= 15 is 0 Å². The molecule has 0 aliphatic carbocycles. The van der Waals surface area contributed by atoms with Crippen LogP contribution in [0.25, 0.3) is 0 Å². The second-order valence-electron chi connectivity index (χ2n) is 6.18. The minimum Gasteiger partial charge on any atom is -0.369 e. The first-order valence-corrected chi connectivity index (χ1v) is 7.01. The van der Waals surface area contributed by atoms with E-state index in [1.54, 1.807) is 0 Å². The molecule has 0 saturated carbocycles. The zero-order chi connectivity index (χ0) is 13.3. The van der Waals surface area contributed by atoms with Gasteiger partial charge in [-0.15, -0.1) is 0 Å². The van der Waals surface area contributed by atoms with Crippen molar-refractivity contribution in [3.05, 3.63) is 28.8 Å². The molecule has 1 unspecified atom stereocenters. The summed E-state index contributed by atoms with van der Waals surface area (Å²) in [5.41, 5.74) is 2.51. The first-order chi connectivity index (χ1) is 8.37. The van der Waals surface area contributed by atoms with Crippen molar-refractivity contribution < 1.29 is 0 Å². The van der Waals surface area contributed by atoms with Gasteiger partial charge in [0.2, 0.25) is 0 Å². The second kappa shape index (κ2) is 5.10. The average molecular weight is 267 g/mol. The molecule has 1 N–H and O–H groups in total. The number of nitrogens with zero attached hydrogens (tertiary/aromatic N) is 1. The van der Waals surface area contributed by atoms with Crippen LogP contribution >= 0.6 is 11.6 Å².